The lowest BCUT2D eigenvalue weighted by Gasteiger charge is -2.38. The number of carbonyl (C=O) groups excluding carboxylic acids is 2. The van der Waals surface area contributed by atoms with E-state index in [0.717, 1.165) is 25.8 Å². The molecule has 25 heavy (non-hydrogen) atoms. The first-order valence-electron chi connectivity index (χ1n) is 9.17. The molecule has 2 unspecified atom stereocenters. The fraction of sp³-hybridized carbons (Fsp3) is 0.579. The Morgan fingerprint density at radius 3 is 2.76 bits per heavy atom. The van der Waals surface area contributed by atoms with Crippen molar-refractivity contribution in [1.29, 1.82) is 0 Å². The number of urea groups is 1. The second-order valence-electron chi connectivity index (χ2n) is 7.21. The molecule has 1 aromatic rings. The zero-order chi connectivity index (χ0) is 17.8. The van der Waals surface area contributed by atoms with Crippen LogP contribution < -0.4 is 11.1 Å². The Labute approximate surface area is 149 Å². The van der Waals surface area contributed by atoms with Crippen LogP contribution in [0.5, 0.6) is 0 Å². The van der Waals surface area contributed by atoms with Gasteiger partial charge >= 0.3 is 6.03 Å². The van der Waals surface area contributed by atoms with Crippen LogP contribution in [0, 0.1) is 5.92 Å². The number of nitrogens with one attached hydrogen (secondary N) is 1. The monoisotopic (exact) mass is 344 g/mol. The van der Waals surface area contributed by atoms with Crippen molar-refractivity contribution < 1.29 is 9.59 Å². The lowest BCUT2D eigenvalue weighted by Crippen LogP contribution is -2.53. The number of nitrogens with two attached hydrogens (primary N) is 1. The maximum atomic E-state index is 12.5. The summed E-state index contributed by atoms with van der Waals surface area (Å²) >= 11 is 0. The van der Waals surface area contributed by atoms with Gasteiger partial charge in [-0.2, -0.15) is 0 Å². The molecule has 2 aliphatic heterocycles. The third-order valence-corrected chi connectivity index (χ3v) is 5.38. The molecule has 3 amide bonds. The van der Waals surface area contributed by atoms with Crippen LogP contribution in [0.3, 0.4) is 0 Å². The maximum Gasteiger partial charge on any atom is 0.318 e. The van der Waals surface area contributed by atoms with Gasteiger partial charge in [-0.1, -0.05) is 31.2 Å². The number of fused-ring (bicyclic) bond motifs is 1. The standard InChI is InChI=1S/C19H28N4O2/c1-14-6-9-23(17(10-14)11-20)18(24)12-21-19(25)22-8-7-15-4-2-3-5-16(15)13-22/h2-5,14,17H,6-13,20H2,1H3,(H,21,25). The molecule has 0 aliphatic carbocycles. The minimum atomic E-state index is -0.169. The molecule has 1 aromatic carbocycles. The van der Waals surface area contributed by atoms with E-state index in [-0.39, 0.29) is 24.5 Å². The molecule has 1 fully saturated rings. The normalized spacial score (nSPS) is 23.1. The van der Waals surface area contributed by atoms with Gasteiger partial charge in [0.2, 0.25) is 5.91 Å². The predicted molar refractivity (Wildman–Crippen MR) is 96.9 cm³/mol. The van der Waals surface area contributed by atoms with E-state index >= 15 is 0 Å². The Kier molecular flexibility index (Phi) is 5.58. The summed E-state index contributed by atoms with van der Waals surface area (Å²) in [5.74, 6) is 0.564. The van der Waals surface area contributed by atoms with Crippen molar-refractivity contribution in [2.45, 2.75) is 38.8 Å². The molecule has 3 N–H and O–H groups in total. The molecular weight excluding hydrogens is 316 g/mol. The Morgan fingerprint density at radius 1 is 1.24 bits per heavy atom. The van der Waals surface area contributed by atoms with E-state index in [0.29, 0.717) is 25.6 Å². The highest BCUT2D eigenvalue weighted by atomic mass is 16.2. The topological polar surface area (TPSA) is 78.7 Å². The third-order valence-electron chi connectivity index (χ3n) is 5.38. The van der Waals surface area contributed by atoms with Gasteiger partial charge in [-0.05, 0) is 36.3 Å². The van der Waals surface area contributed by atoms with Gasteiger partial charge in [0, 0.05) is 32.2 Å². The smallest absolute Gasteiger partial charge is 0.318 e. The average molecular weight is 344 g/mol. The van der Waals surface area contributed by atoms with Crippen molar-refractivity contribution in [1.82, 2.24) is 15.1 Å². The lowest BCUT2D eigenvalue weighted by atomic mass is 9.92. The second kappa shape index (κ2) is 7.87. The van der Waals surface area contributed by atoms with Crippen molar-refractivity contribution in [3.05, 3.63) is 35.4 Å². The quantitative estimate of drug-likeness (QED) is 0.868. The molecule has 6 nitrogen and oxygen atoms in total. The Hall–Kier alpha value is -2.08. The number of amides is 3. The van der Waals surface area contributed by atoms with Gasteiger partial charge in [0.1, 0.15) is 0 Å². The summed E-state index contributed by atoms with van der Waals surface area (Å²) in [4.78, 5) is 28.5. The molecule has 3 rings (SSSR count). The van der Waals surface area contributed by atoms with Crippen LogP contribution in [-0.2, 0) is 17.8 Å². The first-order chi connectivity index (χ1) is 12.1. The summed E-state index contributed by atoms with van der Waals surface area (Å²) in [6.45, 7) is 4.73. The van der Waals surface area contributed by atoms with Crippen molar-refractivity contribution in [3.8, 4) is 0 Å². The summed E-state index contributed by atoms with van der Waals surface area (Å²) in [6, 6.07) is 8.11. The van der Waals surface area contributed by atoms with E-state index in [1.165, 1.54) is 11.1 Å². The number of rotatable bonds is 3. The highest BCUT2D eigenvalue weighted by molar-refractivity contribution is 5.84. The Bertz CT molecular complexity index is 634. The summed E-state index contributed by atoms with van der Waals surface area (Å²) in [6.07, 6.45) is 2.80. The van der Waals surface area contributed by atoms with Gasteiger partial charge in [-0.25, -0.2) is 4.79 Å². The fourth-order valence-electron chi connectivity index (χ4n) is 3.84. The number of nitrogens with zero attached hydrogens (tertiary/aromatic N) is 2. The molecule has 136 valence electrons. The molecule has 0 bridgehead atoms. The minimum Gasteiger partial charge on any atom is -0.337 e. The first-order valence-corrected chi connectivity index (χ1v) is 9.17. The van der Waals surface area contributed by atoms with Crippen LogP contribution in [0.25, 0.3) is 0 Å². The van der Waals surface area contributed by atoms with E-state index in [1.807, 2.05) is 17.0 Å². The van der Waals surface area contributed by atoms with Gasteiger partial charge in [-0.15, -0.1) is 0 Å². The largest absolute Gasteiger partial charge is 0.337 e. The molecular formula is C19H28N4O2. The van der Waals surface area contributed by atoms with Gasteiger partial charge in [0.25, 0.3) is 0 Å². The van der Waals surface area contributed by atoms with Crippen LogP contribution >= 0.6 is 0 Å². The van der Waals surface area contributed by atoms with Gasteiger partial charge in [0.15, 0.2) is 0 Å². The van der Waals surface area contributed by atoms with E-state index in [4.69, 9.17) is 5.73 Å². The van der Waals surface area contributed by atoms with Crippen LogP contribution in [-0.4, -0.2) is 54.0 Å². The predicted octanol–water partition coefficient (Wildman–Crippen LogP) is 1.34. The first kappa shape index (κ1) is 17.7. The maximum absolute atomic E-state index is 12.5. The van der Waals surface area contributed by atoms with E-state index in [2.05, 4.69) is 24.4 Å². The number of hydrogen-bond donors (Lipinski definition) is 2. The third kappa shape index (κ3) is 4.12. The number of carbonyl (C=O) groups is 2. The highest BCUT2D eigenvalue weighted by Crippen LogP contribution is 2.22. The van der Waals surface area contributed by atoms with Crippen molar-refractivity contribution in [3.63, 3.8) is 0 Å². The van der Waals surface area contributed by atoms with Crippen LogP contribution in [0.1, 0.15) is 30.9 Å². The fourth-order valence-corrected chi connectivity index (χ4v) is 3.84. The molecule has 2 heterocycles. The molecule has 2 atom stereocenters. The van der Waals surface area contributed by atoms with Gasteiger partial charge in [-0.3, -0.25) is 4.79 Å². The second-order valence-corrected chi connectivity index (χ2v) is 7.21. The lowest BCUT2D eigenvalue weighted by molar-refractivity contribution is -0.134. The summed E-state index contributed by atoms with van der Waals surface area (Å²) in [7, 11) is 0. The molecule has 1 saturated heterocycles. The van der Waals surface area contributed by atoms with Crippen molar-refractivity contribution in [2.75, 3.05) is 26.2 Å². The number of benzene rings is 1. The number of piperidine rings is 1. The minimum absolute atomic E-state index is 0.0342. The van der Waals surface area contributed by atoms with E-state index < -0.39 is 0 Å². The van der Waals surface area contributed by atoms with Crippen LogP contribution in [0.4, 0.5) is 4.79 Å². The number of hydrogen-bond acceptors (Lipinski definition) is 3. The number of likely N-dealkylation sites (tertiary alicyclic amines) is 1. The van der Waals surface area contributed by atoms with Crippen molar-refractivity contribution in [2.24, 2.45) is 11.7 Å². The van der Waals surface area contributed by atoms with Gasteiger partial charge < -0.3 is 20.9 Å². The molecule has 0 radical (unpaired) electrons. The summed E-state index contributed by atoms with van der Waals surface area (Å²) in [5, 5.41) is 2.79. The van der Waals surface area contributed by atoms with E-state index in [9.17, 15) is 9.59 Å². The Morgan fingerprint density at radius 2 is 2.00 bits per heavy atom. The molecule has 2 aliphatic rings. The van der Waals surface area contributed by atoms with Crippen LogP contribution in [0.15, 0.2) is 24.3 Å². The SMILES string of the molecule is CC1CCN(C(=O)CNC(=O)N2CCc3ccccc3C2)C(CN)C1. The molecule has 6 heteroatoms. The Balaban J connectivity index is 1.51. The molecule has 0 spiro atoms. The zero-order valence-corrected chi connectivity index (χ0v) is 14.9. The highest BCUT2D eigenvalue weighted by Gasteiger charge is 2.29. The molecule has 0 aromatic heterocycles. The summed E-state index contributed by atoms with van der Waals surface area (Å²) in [5.41, 5.74) is 8.31. The van der Waals surface area contributed by atoms with Gasteiger partial charge in [0.05, 0.1) is 6.54 Å². The van der Waals surface area contributed by atoms with Crippen LogP contribution in [0.2, 0.25) is 0 Å². The summed E-state index contributed by atoms with van der Waals surface area (Å²) < 4.78 is 0. The van der Waals surface area contributed by atoms with Crippen molar-refractivity contribution >= 4 is 11.9 Å². The van der Waals surface area contributed by atoms with E-state index in [1.54, 1.807) is 4.90 Å². The molecule has 0 saturated carbocycles. The zero-order valence-electron chi connectivity index (χ0n) is 14.9. The average Bonchev–Trinajstić information content (AvgIpc) is 2.65.